The Morgan fingerprint density at radius 2 is 2.15 bits per heavy atom. The number of carbonyl (C=O) groups is 2. The SMILES string of the molecule is COc1ncc(NC(=O)Cc2csc(-c3cccc(F)c3)n2)cc1C(N)=O. The van der Waals surface area contributed by atoms with Gasteiger partial charge in [0.05, 0.1) is 31.1 Å². The molecule has 3 N–H and O–H groups in total. The van der Waals surface area contributed by atoms with Gasteiger partial charge in [-0.3, -0.25) is 9.59 Å². The Hall–Kier alpha value is -3.33. The number of rotatable bonds is 6. The van der Waals surface area contributed by atoms with Crippen LogP contribution in [0.5, 0.6) is 5.88 Å². The van der Waals surface area contributed by atoms with Gasteiger partial charge in [0.2, 0.25) is 11.8 Å². The fourth-order valence-corrected chi connectivity index (χ4v) is 3.19. The van der Waals surface area contributed by atoms with E-state index in [0.29, 0.717) is 22.0 Å². The maximum Gasteiger partial charge on any atom is 0.254 e. The minimum Gasteiger partial charge on any atom is -0.480 e. The van der Waals surface area contributed by atoms with Crippen molar-refractivity contribution in [2.45, 2.75) is 6.42 Å². The fraction of sp³-hybridized carbons (Fsp3) is 0.111. The number of anilines is 1. The molecule has 0 aliphatic carbocycles. The van der Waals surface area contributed by atoms with Crippen molar-refractivity contribution >= 4 is 28.8 Å². The molecule has 138 valence electrons. The number of benzene rings is 1. The highest BCUT2D eigenvalue weighted by Crippen LogP contribution is 2.25. The highest BCUT2D eigenvalue weighted by atomic mass is 32.1. The molecule has 7 nitrogen and oxygen atoms in total. The zero-order valence-corrected chi connectivity index (χ0v) is 15.0. The van der Waals surface area contributed by atoms with Crippen LogP contribution in [0.15, 0.2) is 41.9 Å². The summed E-state index contributed by atoms with van der Waals surface area (Å²) in [6, 6.07) is 7.49. The van der Waals surface area contributed by atoms with E-state index in [9.17, 15) is 14.0 Å². The molecule has 9 heteroatoms. The second-order valence-electron chi connectivity index (χ2n) is 5.52. The molecule has 0 atom stereocenters. The third-order valence-electron chi connectivity index (χ3n) is 3.56. The van der Waals surface area contributed by atoms with E-state index in [1.807, 2.05) is 0 Å². The second-order valence-corrected chi connectivity index (χ2v) is 6.38. The van der Waals surface area contributed by atoms with Crippen LogP contribution >= 0.6 is 11.3 Å². The summed E-state index contributed by atoms with van der Waals surface area (Å²) in [5.74, 6) is -1.32. The Kier molecular flexibility index (Phi) is 5.41. The molecule has 0 aliphatic rings. The number of hydrogen-bond donors (Lipinski definition) is 2. The van der Waals surface area contributed by atoms with Gasteiger partial charge in [0.1, 0.15) is 16.4 Å². The lowest BCUT2D eigenvalue weighted by Crippen LogP contribution is -2.17. The molecule has 0 spiro atoms. The summed E-state index contributed by atoms with van der Waals surface area (Å²) in [6.07, 6.45) is 1.38. The predicted octanol–water partition coefficient (Wildman–Crippen LogP) is 2.63. The first-order valence-corrected chi connectivity index (χ1v) is 8.68. The summed E-state index contributed by atoms with van der Waals surface area (Å²) in [6.45, 7) is 0. The van der Waals surface area contributed by atoms with Crippen LogP contribution in [0.25, 0.3) is 10.6 Å². The lowest BCUT2D eigenvalue weighted by Gasteiger charge is -2.08. The average molecular weight is 386 g/mol. The first-order valence-electron chi connectivity index (χ1n) is 7.80. The van der Waals surface area contributed by atoms with Crippen molar-refractivity contribution in [1.29, 1.82) is 0 Å². The monoisotopic (exact) mass is 386 g/mol. The van der Waals surface area contributed by atoms with Crippen molar-refractivity contribution in [3.05, 3.63) is 59.0 Å². The molecule has 2 heterocycles. The van der Waals surface area contributed by atoms with Gasteiger partial charge >= 0.3 is 0 Å². The summed E-state index contributed by atoms with van der Waals surface area (Å²) in [5, 5.41) is 5.00. The summed E-state index contributed by atoms with van der Waals surface area (Å²) in [5.41, 5.74) is 6.86. The van der Waals surface area contributed by atoms with Crippen molar-refractivity contribution < 1.29 is 18.7 Å². The molecule has 3 rings (SSSR count). The van der Waals surface area contributed by atoms with Gasteiger partial charge < -0.3 is 15.8 Å². The van der Waals surface area contributed by atoms with Gasteiger partial charge in [-0.05, 0) is 18.2 Å². The number of nitrogens with zero attached hydrogens (tertiary/aromatic N) is 2. The van der Waals surface area contributed by atoms with Gasteiger partial charge in [-0.15, -0.1) is 11.3 Å². The molecule has 2 amide bonds. The Morgan fingerprint density at radius 3 is 2.85 bits per heavy atom. The summed E-state index contributed by atoms with van der Waals surface area (Å²) < 4.78 is 18.3. The first kappa shape index (κ1) is 18.5. The highest BCUT2D eigenvalue weighted by molar-refractivity contribution is 7.13. The summed E-state index contributed by atoms with van der Waals surface area (Å²) >= 11 is 1.32. The Morgan fingerprint density at radius 1 is 1.33 bits per heavy atom. The van der Waals surface area contributed by atoms with Crippen LogP contribution in [0.2, 0.25) is 0 Å². The number of ether oxygens (including phenoxy) is 1. The van der Waals surface area contributed by atoms with Crippen LogP contribution in [-0.2, 0) is 11.2 Å². The van der Waals surface area contributed by atoms with Gasteiger partial charge in [-0.2, -0.15) is 0 Å². The number of amides is 2. The van der Waals surface area contributed by atoms with Crippen molar-refractivity contribution in [2.24, 2.45) is 5.73 Å². The van der Waals surface area contributed by atoms with E-state index in [2.05, 4.69) is 15.3 Å². The Bertz CT molecular complexity index is 1010. The zero-order chi connectivity index (χ0) is 19.4. The first-order chi connectivity index (χ1) is 13.0. The smallest absolute Gasteiger partial charge is 0.254 e. The standard InChI is InChI=1S/C18H15FN4O3S/c1-26-17-14(16(20)25)6-12(8-21-17)22-15(24)7-13-9-27-18(23-13)10-3-2-4-11(19)5-10/h2-6,8-9H,7H2,1H3,(H2,20,25)(H,22,24). The molecule has 2 aromatic heterocycles. The molecular weight excluding hydrogens is 371 g/mol. The van der Waals surface area contributed by atoms with Crippen molar-refractivity contribution in [3.8, 4) is 16.5 Å². The predicted molar refractivity (Wildman–Crippen MR) is 99.1 cm³/mol. The van der Waals surface area contributed by atoms with Crippen molar-refractivity contribution in [1.82, 2.24) is 9.97 Å². The molecule has 0 aliphatic heterocycles. The fourth-order valence-electron chi connectivity index (χ4n) is 2.37. The molecule has 27 heavy (non-hydrogen) atoms. The van der Waals surface area contributed by atoms with Crippen LogP contribution in [0, 0.1) is 5.82 Å². The largest absolute Gasteiger partial charge is 0.480 e. The van der Waals surface area contributed by atoms with Crippen LogP contribution in [0.3, 0.4) is 0 Å². The molecule has 0 unspecified atom stereocenters. The maximum atomic E-state index is 13.3. The van der Waals surface area contributed by atoms with E-state index in [1.54, 1.807) is 17.5 Å². The normalized spacial score (nSPS) is 10.4. The molecule has 0 fully saturated rings. The minimum atomic E-state index is -0.713. The van der Waals surface area contributed by atoms with Crippen molar-refractivity contribution in [3.63, 3.8) is 0 Å². The Labute approximate surface area is 158 Å². The van der Waals surface area contributed by atoms with Crippen LogP contribution in [0.4, 0.5) is 10.1 Å². The van der Waals surface area contributed by atoms with E-state index in [1.165, 1.54) is 42.8 Å². The van der Waals surface area contributed by atoms with E-state index in [0.717, 1.165) is 0 Å². The topological polar surface area (TPSA) is 107 Å². The zero-order valence-electron chi connectivity index (χ0n) is 14.2. The molecule has 3 aromatic rings. The number of nitrogens with one attached hydrogen (secondary N) is 1. The van der Waals surface area contributed by atoms with Crippen LogP contribution in [-0.4, -0.2) is 28.9 Å². The summed E-state index contributed by atoms with van der Waals surface area (Å²) in [7, 11) is 1.37. The van der Waals surface area contributed by atoms with Gasteiger partial charge in [-0.25, -0.2) is 14.4 Å². The Balaban J connectivity index is 1.70. The molecule has 0 bridgehead atoms. The van der Waals surface area contributed by atoms with Crippen LogP contribution in [0.1, 0.15) is 16.1 Å². The minimum absolute atomic E-state index is 0.0176. The quantitative estimate of drug-likeness (QED) is 0.677. The number of primary amides is 1. The van der Waals surface area contributed by atoms with Crippen LogP contribution < -0.4 is 15.8 Å². The van der Waals surface area contributed by atoms with Crippen molar-refractivity contribution in [2.75, 3.05) is 12.4 Å². The van der Waals surface area contributed by atoms with Gasteiger partial charge in [0.25, 0.3) is 5.91 Å². The molecule has 0 radical (unpaired) electrons. The molecule has 0 saturated heterocycles. The lowest BCUT2D eigenvalue weighted by atomic mass is 10.2. The van der Waals surface area contributed by atoms with E-state index >= 15 is 0 Å². The van der Waals surface area contributed by atoms with E-state index < -0.39 is 5.91 Å². The highest BCUT2D eigenvalue weighted by Gasteiger charge is 2.14. The van der Waals surface area contributed by atoms with Gasteiger partial charge in [0.15, 0.2) is 0 Å². The number of carbonyl (C=O) groups excluding carboxylic acids is 2. The average Bonchev–Trinajstić information content (AvgIpc) is 3.10. The van der Waals surface area contributed by atoms with E-state index in [-0.39, 0.29) is 29.6 Å². The number of halogens is 1. The second kappa shape index (κ2) is 7.92. The summed E-state index contributed by atoms with van der Waals surface area (Å²) in [4.78, 5) is 32.0. The number of thiazole rings is 1. The number of pyridine rings is 1. The maximum absolute atomic E-state index is 13.3. The van der Waals surface area contributed by atoms with Gasteiger partial charge in [-0.1, -0.05) is 12.1 Å². The molecule has 0 saturated carbocycles. The third-order valence-corrected chi connectivity index (χ3v) is 4.50. The third kappa shape index (κ3) is 4.45. The number of nitrogens with two attached hydrogens (primary N) is 1. The number of methoxy groups -OCH3 is 1. The number of aromatic nitrogens is 2. The number of hydrogen-bond acceptors (Lipinski definition) is 6. The molecular formula is C18H15FN4O3S. The lowest BCUT2D eigenvalue weighted by molar-refractivity contribution is -0.115. The molecule has 1 aromatic carbocycles. The van der Waals surface area contributed by atoms with Gasteiger partial charge in [0, 0.05) is 10.9 Å². The van der Waals surface area contributed by atoms with E-state index in [4.69, 9.17) is 10.5 Å².